The van der Waals surface area contributed by atoms with E-state index in [0.29, 0.717) is 30.2 Å². The second kappa shape index (κ2) is 7.67. The predicted molar refractivity (Wildman–Crippen MR) is 115 cm³/mol. The molecule has 6 nitrogen and oxygen atoms in total. The highest BCUT2D eigenvalue weighted by Crippen LogP contribution is 2.41. The van der Waals surface area contributed by atoms with Crippen LogP contribution in [-0.4, -0.2) is 44.8 Å². The summed E-state index contributed by atoms with van der Waals surface area (Å²) in [6.07, 6.45) is 1.79. The van der Waals surface area contributed by atoms with Crippen molar-refractivity contribution < 1.29 is 17.6 Å². The van der Waals surface area contributed by atoms with Crippen molar-refractivity contribution in [3.63, 3.8) is 0 Å². The molecule has 0 atom stereocenters. The van der Waals surface area contributed by atoms with Crippen LogP contribution in [0.25, 0.3) is 0 Å². The summed E-state index contributed by atoms with van der Waals surface area (Å²) >= 11 is 0. The van der Waals surface area contributed by atoms with Gasteiger partial charge in [0.1, 0.15) is 5.82 Å². The van der Waals surface area contributed by atoms with Crippen LogP contribution in [0.3, 0.4) is 0 Å². The van der Waals surface area contributed by atoms with Gasteiger partial charge in [0.15, 0.2) is 0 Å². The smallest absolute Gasteiger partial charge is 0.243 e. The quantitative estimate of drug-likeness (QED) is 0.788. The predicted octanol–water partition coefficient (Wildman–Crippen LogP) is 3.35. The highest BCUT2D eigenvalue weighted by Gasteiger charge is 2.37. The molecule has 0 aliphatic carbocycles. The Hall–Kier alpha value is -2.45. The maximum Gasteiger partial charge on any atom is 0.243 e. The lowest BCUT2D eigenvalue weighted by Crippen LogP contribution is -2.35. The number of amides is 1. The molecule has 0 unspecified atom stereocenters. The molecule has 1 fully saturated rings. The zero-order chi connectivity index (χ0) is 21.5. The average molecular weight is 432 g/mol. The van der Waals surface area contributed by atoms with E-state index in [1.807, 2.05) is 18.7 Å². The number of anilines is 2. The first-order chi connectivity index (χ1) is 14.2. The molecule has 160 valence electrons. The van der Waals surface area contributed by atoms with Gasteiger partial charge in [0.2, 0.25) is 15.9 Å². The Morgan fingerprint density at radius 3 is 2.57 bits per heavy atom. The van der Waals surface area contributed by atoms with Gasteiger partial charge in [0.25, 0.3) is 0 Å². The summed E-state index contributed by atoms with van der Waals surface area (Å²) in [5.41, 5.74) is 1.88. The Morgan fingerprint density at radius 1 is 1.13 bits per heavy atom. The fraction of sp³-hybridized carbons (Fsp3) is 0.409. The molecule has 2 aromatic rings. The first-order valence-electron chi connectivity index (χ1n) is 10.1. The molecule has 0 saturated carbocycles. The summed E-state index contributed by atoms with van der Waals surface area (Å²) in [5, 5.41) is 2.72. The largest absolute Gasteiger partial charge is 0.361 e. The van der Waals surface area contributed by atoms with E-state index in [0.717, 1.165) is 24.1 Å². The van der Waals surface area contributed by atoms with Gasteiger partial charge in [-0.1, -0.05) is 19.9 Å². The van der Waals surface area contributed by atoms with Crippen LogP contribution in [0.2, 0.25) is 0 Å². The summed E-state index contributed by atoms with van der Waals surface area (Å²) < 4.78 is 40.8. The van der Waals surface area contributed by atoms with Gasteiger partial charge in [-0.05, 0) is 54.8 Å². The van der Waals surface area contributed by atoms with E-state index in [2.05, 4.69) is 5.32 Å². The number of rotatable bonds is 5. The van der Waals surface area contributed by atoms with Crippen LogP contribution in [0.4, 0.5) is 15.8 Å². The lowest BCUT2D eigenvalue weighted by atomic mass is 9.87. The second-order valence-electron chi connectivity index (χ2n) is 8.59. The van der Waals surface area contributed by atoms with Gasteiger partial charge in [-0.2, -0.15) is 4.31 Å². The number of nitrogens with one attached hydrogen (secondary N) is 1. The molecule has 2 heterocycles. The number of carbonyl (C=O) groups excluding carboxylic acids is 1. The summed E-state index contributed by atoms with van der Waals surface area (Å²) in [5.74, 6) is -0.662. The summed E-state index contributed by atoms with van der Waals surface area (Å²) in [6.45, 7) is 5.91. The minimum Gasteiger partial charge on any atom is -0.361 e. The van der Waals surface area contributed by atoms with Crippen LogP contribution < -0.4 is 10.2 Å². The minimum absolute atomic E-state index is 0.102. The topological polar surface area (TPSA) is 69.7 Å². The average Bonchev–Trinajstić information content (AvgIpc) is 3.29. The van der Waals surface area contributed by atoms with E-state index in [-0.39, 0.29) is 17.9 Å². The van der Waals surface area contributed by atoms with Crippen molar-refractivity contribution in [2.24, 2.45) is 0 Å². The molecular formula is C22H26FN3O3S. The normalized spacial score (nSPS) is 18.4. The van der Waals surface area contributed by atoms with Gasteiger partial charge in [0.05, 0.1) is 11.4 Å². The third kappa shape index (κ3) is 3.94. The van der Waals surface area contributed by atoms with E-state index >= 15 is 0 Å². The highest BCUT2D eigenvalue weighted by atomic mass is 32.2. The molecule has 0 bridgehead atoms. The lowest BCUT2D eigenvalue weighted by Gasteiger charge is -2.22. The van der Waals surface area contributed by atoms with Crippen LogP contribution in [0, 0.1) is 5.82 Å². The van der Waals surface area contributed by atoms with Gasteiger partial charge >= 0.3 is 0 Å². The number of benzene rings is 2. The van der Waals surface area contributed by atoms with Crippen molar-refractivity contribution in [1.29, 1.82) is 0 Å². The van der Waals surface area contributed by atoms with E-state index in [1.54, 1.807) is 34.6 Å². The van der Waals surface area contributed by atoms with Crippen LogP contribution in [0.1, 0.15) is 32.3 Å². The molecule has 2 aliphatic heterocycles. The Balaban J connectivity index is 1.56. The zero-order valence-electron chi connectivity index (χ0n) is 17.2. The molecular weight excluding hydrogens is 405 g/mol. The number of hydrogen-bond donors (Lipinski definition) is 1. The number of hydrogen-bond acceptors (Lipinski definition) is 4. The standard InChI is InChI=1S/C22H26FN3O3S/c1-22(2)15-25(14-21(27)24-17-7-5-6-16(23)12-17)20-9-8-18(13-19(20)22)30(28,29)26-10-3-4-11-26/h5-9,12-13H,3-4,10-11,14-15H2,1-2H3,(H,24,27). The van der Waals surface area contributed by atoms with E-state index in [9.17, 15) is 17.6 Å². The molecule has 0 radical (unpaired) electrons. The Morgan fingerprint density at radius 2 is 1.87 bits per heavy atom. The van der Waals surface area contributed by atoms with E-state index in [4.69, 9.17) is 0 Å². The molecule has 1 N–H and O–H groups in total. The molecule has 0 aromatic heterocycles. The van der Waals surface area contributed by atoms with Crippen LogP contribution in [0.5, 0.6) is 0 Å². The fourth-order valence-electron chi connectivity index (χ4n) is 4.30. The second-order valence-corrected chi connectivity index (χ2v) is 10.5. The van der Waals surface area contributed by atoms with Crippen LogP contribution in [-0.2, 0) is 20.2 Å². The third-order valence-corrected chi connectivity index (χ3v) is 7.66. The summed E-state index contributed by atoms with van der Waals surface area (Å²) in [4.78, 5) is 14.8. The van der Waals surface area contributed by atoms with Gasteiger partial charge < -0.3 is 10.2 Å². The third-order valence-electron chi connectivity index (χ3n) is 5.77. The van der Waals surface area contributed by atoms with Crippen LogP contribution >= 0.6 is 0 Å². The van der Waals surface area contributed by atoms with Crippen molar-refractivity contribution in [2.45, 2.75) is 37.0 Å². The Kier molecular flexibility index (Phi) is 5.32. The first kappa shape index (κ1) is 20.8. The van der Waals surface area contributed by atoms with Crippen molar-refractivity contribution in [3.05, 3.63) is 53.8 Å². The molecule has 0 spiro atoms. The molecule has 1 amide bonds. The molecule has 8 heteroatoms. The first-order valence-corrected chi connectivity index (χ1v) is 11.6. The zero-order valence-corrected chi connectivity index (χ0v) is 18.0. The minimum atomic E-state index is -3.50. The molecule has 2 aliphatic rings. The Bertz CT molecular complexity index is 1080. The monoisotopic (exact) mass is 431 g/mol. The number of nitrogens with zero attached hydrogens (tertiary/aromatic N) is 2. The Labute approximate surface area is 176 Å². The van der Waals surface area contributed by atoms with Gasteiger partial charge in [0, 0.05) is 36.4 Å². The lowest BCUT2D eigenvalue weighted by molar-refractivity contribution is -0.115. The van der Waals surface area contributed by atoms with Gasteiger partial charge in [-0.15, -0.1) is 0 Å². The molecule has 4 rings (SSSR count). The van der Waals surface area contributed by atoms with Gasteiger partial charge in [-0.25, -0.2) is 12.8 Å². The molecule has 1 saturated heterocycles. The van der Waals surface area contributed by atoms with E-state index < -0.39 is 15.8 Å². The summed E-state index contributed by atoms with van der Waals surface area (Å²) in [7, 11) is -3.50. The van der Waals surface area contributed by atoms with Crippen molar-refractivity contribution in [3.8, 4) is 0 Å². The maximum atomic E-state index is 13.4. The van der Waals surface area contributed by atoms with Crippen molar-refractivity contribution >= 4 is 27.3 Å². The van der Waals surface area contributed by atoms with E-state index in [1.165, 1.54) is 12.1 Å². The number of carbonyl (C=O) groups is 1. The van der Waals surface area contributed by atoms with Crippen LogP contribution in [0.15, 0.2) is 47.4 Å². The maximum absolute atomic E-state index is 13.4. The molecule has 2 aromatic carbocycles. The van der Waals surface area contributed by atoms with Crippen molar-refractivity contribution in [2.75, 3.05) is 36.4 Å². The SMILES string of the molecule is CC1(C)CN(CC(=O)Nc2cccc(F)c2)c2ccc(S(=O)(=O)N3CCCC3)cc21. The molecule has 30 heavy (non-hydrogen) atoms. The number of halogens is 1. The number of sulfonamides is 1. The van der Waals surface area contributed by atoms with Gasteiger partial charge in [-0.3, -0.25) is 4.79 Å². The van der Waals surface area contributed by atoms with Crippen molar-refractivity contribution in [1.82, 2.24) is 4.31 Å². The number of fused-ring (bicyclic) bond motifs is 1. The summed E-state index contributed by atoms with van der Waals surface area (Å²) in [6, 6.07) is 11.0. The highest BCUT2D eigenvalue weighted by molar-refractivity contribution is 7.89. The fourth-order valence-corrected chi connectivity index (χ4v) is 5.84.